The van der Waals surface area contributed by atoms with Crippen LogP contribution in [0, 0.1) is 0 Å². The highest BCUT2D eigenvalue weighted by Crippen LogP contribution is 2.29. The van der Waals surface area contributed by atoms with Crippen LogP contribution in [0.15, 0.2) is 48.5 Å². The molecule has 2 heteroatoms. The summed E-state index contributed by atoms with van der Waals surface area (Å²) in [5.41, 5.74) is 3.12. The van der Waals surface area contributed by atoms with Crippen molar-refractivity contribution in [2.75, 3.05) is 6.54 Å². The van der Waals surface area contributed by atoms with Crippen molar-refractivity contribution in [1.29, 1.82) is 0 Å². The summed E-state index contributed by atoms with van der Waals surface area (Å²) in [5.74, 6) is 0.330. The topological polar surface area (TPSA) is 32.3 Å². The van der Waals surface area contributed by atoms with Crippen molar-refractivity contribution in [3.05, 3.63) is 54.1 Å². The fraction of sp³-hybridized carbons (Fsp3) is 0.200. The fourth-order valence-electron chi connectivity index (χ4n) is 1.81. The minimum Gasteiger partial charge on any atom is -0.507 e. The second kappa shape index (κ2) is 5.51. The van der Waals surface area contributed by atoms with Gasteiger partial charge in [-0.1, -0.05) is 43.3 Å². The van der Waals surface area contributed by atoms with Crippen LogP contribution in [0.4, 0.5) is 0 Å². The van der Waals surface area contributed by atoms with Crippen LogP contribution in [0.2, 0.25) is 0 Å². The predicted molar refractivity (Wildman–Crippen MR) is 70.9 cm³/mol. The van der Waals surface area contributed by atoms with E-state index in [2.05, 4.69) is 12.2 Å². The predicted octanol–water partition coefficient (Wildman–Crippen LogP) is 3.17. The summed E-state index contributed by atoms with van der Waals surface area (Å²) < 4.78 is 0. The Bertz CT molecular complexity index is 480. The van der Waals surface area contributed by atoms with E-state index in [4.69, 9.17) is 0 Å². The first kappa shape index (κ1) is 11.7. The van der Waals surface area contributed by atoms with E-state index in [9.17, 15) is 5.11 Å². The average Bonchev–Trinajstić information content (AvgIpc) is 2.39. The maximum Gasteiger partial charge on any atom is 0.123 e. The van der Waals surface area contributed by atoms with Gasteiger partial charge in [0.05, 0.1) is 0 Å². The SMILES string of the molecule is CCNCc1ccc(O)c(-c2ccccc2)c1. The normalized spacial score (nSPS) is 10.4. The standard InChI is InChI=1S/C15H17NO/c1-2-16-11-12-8-9-15(17)14(10-12)13-6-4-3-5-7-13/h3-10,16-17H,2,11H2,1H3. The molecule has 2 nitrogen and oxygen atoms in total. The number of hydrogen-bond donors (Lipinski definition) is 2. The molecular formula is C15H17NO. The third-order valence-corrected chi connectivity index (χ3v) is 2.72. The van der Waals surface area contributed by atoms with Crippen molar-refractivity contribution < 1.29 is 5.11 Å². The van der Waals surface area contributed by atoms with Crippen LogP contribution in [-0.2, 0) is 6.54 Å². The molecular weight excluding hydrogens is 210 g/mol. The van der Waals surface area contributed by atoms with Crippen molar-refractivity contribution in [1.82, 2.24) is 5.32 Å². The third-order valence-electron chi connectivity index (χ3n) is 2.72. The first-order valence-electron chi connectivity index (χ1n) is 5.89. The molecule has 0 radical (unpaired) electrons. The Balaban J connectivity index is 2.33. The summed E-state index contributed by atoms with van der Waals surface area (Å²) in [7, 11) is 0. The van der Waals surface area contributed by atoms with Gasteiger partial charge < -0.3 is 10.4 Å². The maximum absolute atomic E-state index is 9.89. The molecule has 0 bridgehead atoms. The number of phenols is 1. The molecule has 0 heterocycles. The zero-order valence-electron chi connectivity index (χ0n) is 9.98. The lowest BCUT2D eigenvalue weighted by Gasteiger charge is -2.08. The Morgan fingerprint density at radius 2 is 1.82 bits per heavy atom. The van der Waals surface area contributed by atoms with E-state index in [0.717, 1.165) is 24.2 Å². The van der Waals surface area contributed by atoms with Gasteiger partial charge in [0.15, 0.2) is 0 Å². The summed E-state index contributed by atoms with van der Waals surface area (Å²) in [6, 6.07) is 15.7. The molecule has 0 aromatic heterocycles. The second-order valence-electron chi connectivity index (χ2n) is 4.00. The van der Waals surface area contributed by atoms with E-state index in [-0.39, 0.29) is 0 Å². The molecule has 88 valence electrons. The van der Waals surface area contributed by atoms with E-state index in [1.807, 2.05) is 42.5 Å². The third kappa shape index (κ3) is 2.86. The molecule has 0 saturated carbocycles. The highest BCUT2D eigenvalue weighted by molar-refractivity contribution is 5.70. The van der Waals surface area contributed by atoms with Gasteiger partial charge in [-0.25, -0.2) is 0 Å². The molecule has 17 heavy (non-hydrogen) atoms. The Morgan fingerprint density at radius 3 is 2.53 bits per heavy atom. The molecule has 2 N–H and O–H groups in total. The van der Waals surface area contributed by atoms with Crippen molar-refractivity contribution in [3.8, 4) is 16.9 Å². The molecule has 2 aromatic rings. The van der Waals surface area contributed by atoms with Crippen molar-refractivity contribution in [2.45, 2.75) is 13.5 Å². The van der Waals surface area contributed by atoms with Gasteiger partial charge in [0.1, 0.15) is 5.75 Å². The average molecular weight is 227 g/mol. The van der Waals surface area contributed by atoms with Crippen molar-refractivity contribution >= 4 is 0 Å². The van der Waals surface area contributed by atoms with E-state index < -0.39 is 0 Å². The Hall–Kier alpha value is -1.80. The lowest BCUT2D eigenvalue weighted by atomic mass is 10.0. The lowest BCUT2D eigenvalue weighted by molar-refractivity contribution is 0.477. The number of benzene rings is 2. The van der Waals surface area contributed by atoms with E-state index in [1.165, 1.54) is 5.56 Å². The molecule has 0 unspecified atom stereocenters. The van der Waals surface area contributed by atoms with E-state index >= 15 is 0 Å². The van der Waals surface area contributed by atoms with Gasteiger partial charge >= 0.3 is 0 Å². The van der Waals surface area contributed by atoms with Crippen LogP contribution in [0.5, 0.6) is 5.75 Å². The summed E-state index contributed by atoms with van der Waals surface area (Å²) in [6.07, 6.45) is 0. The maximum atomic E-state index is 9.89. The van der Waals surface area contributed by atoms with Gasteiger partial charge in [-0.3, -0.25) is 0 Å². The largest absolute Gasteiger partial charge is 0.507 e. The molecule has 0 amide bonds. The monoisotopic (exact) mass is 227 g/mol. The van der Waals surface area contributed by atoms with Gasteiger partial charge in [-0.05, 0) is 29.8 Å². The molecule has 0 aliphatic heterocycles. The van der Waals surface area contributed by atoms with Crippen LogP contribution in [0.25, 0.3) is 11.1 Å². The Labute approximate surface area is 102 Å². The second-order valence-corrected chi connectivity index (χ2v) is 4.00. The molecule has 0 aliphatic carbocycles. The zero-order valence-corrected chi connectivity index (χ0v) is 9.98. The van der Waals surface area contributed by atoms with Crippen LogP contribution >= 0.6 is 0 Å². The quantitative estimate of drug-likeness (QED) is 0.840. The smallest absolute Gasteiger partial charge is 0.123 e. The van der Waals surface area contributed by atoms with Gasteiger partial charge in [0, 0.05) is 12.1 Å². The van der Waals surface area contributed by atoms with Gasteiger partial charge in [0.2, 0.25) is 0 Å². The molecule has 0 atom stereocenters. The first-order chi connectivity index (χ1) is 8.31. The molecule has 2 rings (SSSR count). The van der Waals surface area contributed by atoms with Crippen LogP contribution in [0.3, 0.4) is 0 Å². The summed E-state index contributed by atoms with van der Waals surface area (Å²) in [5, 5.41) is 13.2. The summed E-state index contributed by atoms with van der Waals surface area (Å²) in [4.78, 5) is 0. The fourth-order valence-corrected chi connectivity index (χ4v) is 1.81. The van der Waals surface area contributed by atoms with Crippen LogP contribution in [-0.4, -0.2) is 11.7 Å². The Kier molecular flexibility index (Phi) is 3.78. The molecule has 0 spiro atoms. The number of nitrogens with one attached hydrogen (secondary N) is 1. The molecule has 0 fully saturated rings. The van der Waals surface area contributed by atoms with Gasteiger partial charge in [-0.15, -0.1) is 0 Å². The minimum absolute atomic E-state index is 0.330. The number of aromatic hydroxyl groups is 1. The van der Waals surface area contributed by atoms with Crippen LogP contribution < -0.4 is 5.32 Å². The number of phenolic OH excluding ortho intramolecular Hbond substituents is 1. The van der Waals surface area contributed by atoms with Crippen LogP contribution in [0.1, 0.15) is 12.5 Å². The van der Waals surface area contributed by atoms with E-state index in [0.29, 0.717) is 5.75 Å². The Morgan fingerprint density at radius 1 is 1.06 bits per heavy atom. The highest BCUT2D eigenvalue weighted by atomic mass is 16.3. The number of hydrogen-bond acceptors (Lipinski definition) is 2. The summed E-state index contributed by atoms with van der Waals surface area (Å²) >= 11 is 0. The minimum atomic E-state index is 0.330. The molecule has 2 aromatic carbocycles. The van der Waals surface area contributed by atoms with Crippen molar-refractivity contribution in [3.63, 3.8) is 0 Å². The molecule has 0 saturated heterocycles. The van der Waals surface area contributed by atoms with Crippen molar-refractivity contribution in [2.24, 2.45) is 0 Å². The highest BCUT2D eigenvalue weighted by Gasteiger charge is 2.04. The van der Waals surface area contributed by atoms with Gasteiger partial charge in [-0.2, -0.15) is 0 Å². The van der Waals surface area contributed by atoms with E-state index in [1.54, 1.807) is 6.07 Å². The first-order valence-corrected chi connectivity index (χ1v) is 5.89. The van der Waals surface area contributed by atoms with Gasteiger partial charge in [0.25, 0.3) is 0 Å². The molecule has 0 aliphatic rings. The summed E-state index contributed by atoms with van der Waals surface area (Å²) in [6.45, 7) is 3.86. The number of rotatable bonds is 4. The zero-order chi connectivity index (χ0) is 12.1. The lowest BCUT2D eigenvalue weighted by Crippen LogP contribution is -2.11.